The maximum absolute atomic E-state index is 14.3. The van der Waals surface area contributed by atoms with Crippen molar-refractivity contribution in [2.24, 2.45) is 29.5 Å². The van der Waals surface area contributed by atoms with Gasteiger partial charge in [0.05, 0.1) is 41.2 Å². The maximum atomic E-state index is 14.3. The predicted molar refractivity (Wildman–Crippen MR) is 200 cm³/mol. The van der Waals surface area contributed by atoms with E-state index in [9.17, 15) is 39.6 Å². The maximum Gasteiger partial charge on any atom is 0.312 e. The second-order valence-corrected chi connectivity index (χ2v) is 14.3. The van der Waals surface area contributed by atoms with E-state index >= 15 is 0 Å². The number of aromatic hydroxyl groups is 2. The van der Waals surface area contributed by atoms with E-state index in [-0.39, 0.29) is 44.7 Å². The number of rotatable bonds is 5. The van der Waals surface area contributed by atoms with Crippen molar-refractivity contribution in [1.29, 1.82) is 0 Å². The molecular weight excluding hydrogens is 718 g/mol. The summed E-state index contributed by atoms with van der Waals surface area (Å²) in [7, 11) is 1.42. The fourth-order valence-corrected chi connectivity index (χ4v) is 6.93. The van der Waals surface area contributed by atoms with E-state index in [1.807, 2.05) is 5.43 Å². The van der Waals surface area contributed by atoms with Crippen LogP contribution in [0.3, 0.4) is 0 Å². The fourth-order valence-electron chi connectivity index (χ4n) is 6.93. The van der Waals surface area contributed by atoms with Gasteiger partial charge in [0, 0.05) is 67.2 Å². The molecule has 300 valence electrons. The lowest BCUT2D eigenvalue weighted by Crippen LogP contribution is -2.46. The number of Topliss-reactive ketones (excluding diaryl/α,β-unsaturated/α-hetero) is 1. The summed E-state index contributed by atoms with van der Waals surface area (Å²) < 4.78 is 29.2. The number of anilines is 1. The lowest BCUT2D eigenvalue weighted by Gasteiger charge is -2.38. The third-order valence-corrected chi connectivity index (χ3v) is 10.3. The molecule has 2 aromatic rings. The van der Waals surface area contributed by atoms with Gasteiger partial charge in [-0.05, 0) is 19.9 Å². The minimum absolute atomic E-state index is 0.0500. The van der Waals surface area contributed by atoms with Crippen LogP contribution in [0.25, 0.3) is 10.8 Å². The number of esters is 1. The Hall–Kier alpha value is -5.16. The topological polar surface area (TPSA) is 245 Å². The summed E-state index contributed by atoms with van der Waals surface area (Å²) in [5.41, 5.74) is 1.79. The van der Waals surface area contributed by atoms with Crippen LogP contribution >= 0.6 is 0 Å². The molecule has 3 aliphatic heterocycles. The van der Waals surface area contributed by atoms with Crippen LogP contribution in [0.15, 0.2) is 42.2 Å². The van der Waals surface area contributed by atoms with E-state index in [0.717, 1.165) is 0 Å². The normalized spacial score (nSPS) is 31.1. The molecular formula is C39H51N3O13. The Morgan fingerprint density at radius 1 is 1.00 bits per heavy atom. The Kier molecular flexibility index (Phi) is 13.2. The van der Waals surface area contributed by atoms with Crippen LogP contribution in [-0.2, 0) is 28.6 Å². The Labute approximate surface area is 318 Å². The number of hydrazine groups is 1. The quantitative estimate of drug-likeness (QED) is 0.0758. The van der Waals surface area contributed by atoms with Gasteiger partial charge in [0.25, 0.3) is 17.6 Å². The summed E-state index contributed by atoms with van der Waals surface area (Å²) in [4.78, 5) is 52.1. The summed E-state index contributed by atoms with van der Waals surface area (Å²) in [6, 6.07) is 1.19. The summed E-state index contributed by atoms with van der Waals surface area (Å²) in [5.74, 6) is -3.44. The Morgan fingerprint density at radius 3 is 2.29 bits per heavy atom. The van der Waals surface area contributed by atoms with Crippen molar-refractivity contribution in [3.8, 4) is 23.0 Å². The number of allylic oxidation sites excluding steroid dienone is 2. The van der Waals surface area contributed by atoms with Gasteiger partial charge in [0.2, 0.25) is 0 Å². The zero-order valence-electron chi connectivity index (χ0n) is 32.3. The average molecular weight is 770 g/mol. The van der Waals surface area contributed by atoms with Crippen molar-refractivity contribution in [2.45, 2.75) is 85.6 Å². The van der Waals surface area contributed by atoms with Gasteiger partial charge in [-0.25, -0.2) is 5.84 Å². The van der Waals surface area contributed by atoms with Gasteiger partial charge in [-0.1, -0.05) is 45.9 Å². The molecule has 16 nitrogen and oxygen atoms in total. The average Bonchev–Trinajstić information content (AvgIpc) is 3.41. The lowest BCUT2D eigenvalue weighted by atomic mass is 9.78. The van der Waals surface area contributed by atoms with Crippen LogP contribution in [0, 0.1) is 30.6 Å². The molecule has 0 aliphatic carbocycles. The number of methoxy groups -OCH3 is 1. The van der Waals surface area contributed by atoms with Crippen LogP contribution in [0.1, 0.15) is 64.4 Å². The van der Waals surface area contributed by atoms with Crippen LogP contribution in [0.2, 0.25) is 0 Å². The van der Waals surface area contributed by atoms with Crippen LogP contribution in [-0.4, -0.2) is 87.9 Å². The molecule has 5 rings (SSSR count). The number of aliphatic hydroxyl groups is 2. The number of hydrogen-bond acceptors (Lipinski definition) is 14. The molecule has 0 spiro atoms. The highest BCUT2D eigenvalue weighted by molar-refractivity contribution is 6.21. The molecule has 8 N–H and O–H groups in total. The number of nitrogens with two attached hydrogens (primary N) is 1. The number of aliphatic hydroxyl groups excluding tert-OH is 2. The van der Waals surface area contributed by atoms with Crippen molar-refractivity contribution in [3.63, 3.8) is 0 Å². The number of ketones is 1. The van der Waals surface area contributed by atoms with Gasteiger partial charge >= 0.3 is 11.8 Å². The molecule has 5 bridgehead atoms. The number of amides is 2. The van der Waals surface area contributed by atoms with Gasteiger partial charge < -0.3 is 49.4 Å². The fraction of sp³-hybridized carbons (Fsp3) is 0.487. The van der Waals surface area contributed by atoms with Crippen LogP contribution in [0.5, 0.6) is 23.0 Å². The van der Waals surface area contributed by atoms with Crippen molar-refractivity contribution >= 4 is 40.0 Å². The zero-order chi connectivity index (χ0) is 41.1. The molecule has 2 aromatic carbocycles. The third kappa shape index (κ3) is 8.57. The Morgan fingerprint density at radius 2 is 1.67 bits per heavy atom. The second-order valence-electron chi connectivity index (χ2n) is 14.3. The standard InChI is InChI=1S/C39H51N3O13/c1-17-11-10-12-18(2)38(50)41-24-15-26(52-16-27(44)42-40)28-29(34(24)48)33(47)22(6)36-30(28)37(49)39(8,55-36)53-14-13-25(51-9)19(3)35(54-23(7)43)21(5)32(46)20(4)31(17)45/h10-15,17,19-21,25,31-32,35,45-48H,16,40H2,1-9H3,(H,41,50)(H,42,44)/b11-10+,14-13+,18-12-/t17-,19+,20+,21+,25-,31-,32+,35+,39-/m0/s1. The molecule has 0 radical (unpaired) electrons. The summed E-state index contributed by atoms with van der Waals surface area (Å²) in [5, 5.41) is 47.8. The molecule has 0 aromatic heterocycles. The first-order valence-corrected chi connectivity index (χ1v) is 17.8. The summed E-state index contributed by atoms with van der Waals surface area (Å²) in [6.07, 6.45) is 3.46. The van der Waals surface area contributed by atoms with Crippen LogP contribution in [0.4, 0.5) is 5.69 Å². The molecule has 2 amide bonds. The minimum atomic E-state index is -2.04. The van der Waals surface area contributed by atoms with Crippen molar-refractivity contribution in [2.75, 3.05) is 19.0 Å². The van der Waals surface area contributed by atoms with Crippen LogP contribution < -0.4 is 26.1 Å². The largest absolute Gasteiger partial charge is 0.507 e. The first-order chi connectivity index (χ1) is 25.8. The molecule has 16 heteroatoms. The van der Waals surface area contributed by atoms with E-state index in [0.29, 0.717) is 0 Å². The minimum Gasteiger partial charge on any atom is -0.507 e. The summed E-state index contributed by atoms with van der Waals surface area (Å²) in [6.45, 7) is 11.8. The van der Waals surface area contributed by atoms with Crippen molar-refractivity contribution < 1.29 is 63.3 Å². The number of phenols is 2. The highest BCUT2D eigenvalue weighted by Gasteiger charge is 2.49. The molecule has 0 fully saturated rings. The van der Waals surface area contributed by atoms with Crippen molar-refractivity contribution in [3.05, 3.63) is 53.3 Å². The number of phenolic OH excluding ortho intramolecular Hbond substituents is 2. The third-order valence-electron chi connectivity index (χ3n) is 10.3. The second kappa shape index (κ2) is 17.1. The molecule has 9 atom stereocenters. The van der Waals surface area contributed by atoms with Gasteiger partial charge in [-0.2, -0.15) is 0 Å². The number of benzene rings is 2. The predicted octanol–water partition coefficient (Wildman–Crippen LogP) is 3.42. The van der Waals surface area contributed by atoms with E-state index in [4.69, 9.17) is 29.5 Å². The monoisotopic (exact) mass is 769 g/mol. The smallest absolute Gasteiger partial charge is 0.312 e. The Balaban J connectivity index is 1.93. The van der Waals surface area contributed by atoms with E-state index in [1.54, 1.807) is 39.8 Å². The highest BCUT2D eigenvalue weighted by atomic mass is 16.7. The van der Waals surface area contributed by atoms with E-state index in [2.05, 4.69) is 5.32 Å². The number of carbonyl (C=O) groups excluding carboxylic acids is 4. The Bertz CT molecular complexity index is 1920. The van der Waals surface area contributed by atoms with Gasteiger partial charge in [0.15, 0.2) is 12.4 Å². The SMILES string of the molecule is CO[C@H]1/C=C/O[C@@]2(C)Oc3c(C)c(O)c4c(O)c(cc(OCC(=O)NN)c4c3C2=O)NC(=O)/C(C)=C\C=C\[C@H](C)[C@H](O)[C@@H](C)[C@@H](O)[C@@H](C)[C@H](OC(C)=O)[C@@H]1C. The van der Waals surface area contributed by atoms with Gasteiger partial charge in [-0.3, -0.25) is 24.6 Å². The van der Waals surface area contributed by atoms with Crippen molar-refractivity contribution in [1.82, 2.24) is 5.43 Å². The van der Waals surface area contributed by atoms with Gasteiger partial charge in [-0.15, -0.1) is 0 Å². The zero-order valence-corrected chi connectivity index (χ0v) is 32.3. The molecule has 0 saturated heterocycles. The number of carbonyl (C=O) groups is 4. The number of ether oxygens (including phenoxy) is 5. The molecule has 3 aliphatic rings. The summed E-state index contributed by atoms with van der Waals surface area (Å²) >= 11 is 0. The molecule has 55 heavy (non-hydrogen) atoms. The molecule has 3 heterocycles. The van der Waals surface area contributed by atoms with E-state index in [1.165, 1.54) is 59.3 Å². The van der Waals surface area contributed by atoms with Gasteiger partial charge in [0.1, 0.15) is 23.4 Å². The first-order valence-electron chi connectivity index (χ1n) is 17.8. The number of nitrogens with one attached hydrogen (secondary N) is 2. The number of fused-ring (bicyclic) bond motifs is 14. The highest BCUT2D eigenvalue weighted by Crippen LogP contribution is 2.54. The molecule has 0 saturated carbocycles. The lowest BCUT2D eigenvalue weighted by molar-refractivity contribution is -0.160. The first kappa shape index (κ1) is 42.6. The van der Waals surface area contributed by atoms with E-state index < -0.39 is 95.5 Å². The number of hydrogen-bond donors (Lipinski definition) is 7. The molecule has 0 unspecified atom stereocenters.